The molecule has 2 fully saturated rings. The highest BCUT2D eigenvalue weighted by molar-refractivity contribution is 5.60. The summed E-state index contributed by atoms with van der Waals surface area (Å²) in [6, 6.07) is 7.95. The van der Waals surface area contributed by atoms with Crippen molar-refractivity contribution in [1.29, 1.82) is 0 Å². The molecule has 0 unspecified atom stereocenters. The maximum atomic E-state index is 6.07. The molecule has 4 rings (SSSR count). The topological polar surface area (TPSA) is 71.5 Å². The van der Waals surface area contributed by atoms with Gasteiger partial charge in [0.05, 0.1) is 19.4 Å². The van der Waals surface area contributed by atoms with E-state index in [-0.39, 0.29) is 0 Å². The van der Waals surface area contributed by atoms with Crippen molar-refractivity contribution in [2.75, 3.05) is 51.0 Å². The Hall–Kier alpha value is -2.54. The lowest BCUT2D eigenvalue weighted by atomic mass is 10.0. The summed E-state index contributed by atoms with van der Waals surface area (Å²) in [6.45, 7) is 4.21. The van der Waals surface area contributed by atoms with Crippen LogP contribution in [0.5, 0.6) is 11.5 Å². The maximum absolute atomic E-state index is 6.07. The Bertz CT molecular complexity index is 848. The number of ether oxygens (including phenoxy) is 2. The fourth-order valence-corrected chi connectivity index (χ4v) is 4.55. The molecule has 0 amide bonds. The number of anilines is 3. The fourth-order valence-electron chi connectivity index (χ4n) is 4.55. The van der Waals surface area contributed by atoms with E-state index < -0.39 is 0 Å². The van der Waals surface area contributed by atoms with E-state index in [1.54, 1.807) is 7.11 Å². The quantitative estimate of drug-likeness (QED) is 0.530. The van der Waals surface area contributed by atoms with Crippen LogP contribution in [0, 0.1) is 0 Å². The lowest BCUT2D eigenvalue weighted by Gasteiger charge is -2.16. The van der Waals surface area contributed by atoms with Gasteiger partial charge >= 0.3 is 0 Å². The molecule has 168 valence electrons. The Balaban J connectivity index is 1.43. The van der Waals surface area contributed by atoms with E-state index in [1.807, 2.05) is 25.2 Å². The maximum Gasteiger partial charge on any atom is 0.229 e. The molecular formula is C24H35N5O2. The number of benzene rings is 1. The van der Waals surface area contributed by atoms with Crippen molar-refractivity contribution in [1.82, 2.24) is 14.9 Å². The molecule has 0 radical (unpaired) electrons. The van der Waals surface area contributed by atoms with Crippen LogP contribution in [0.4, 0.5) is 17.5 Å². The second kappa shape index (κ2) is 10.7. The summed E-state index contributed by atoms with van der Waals surface area (Å²) in [5.74, 6) is 3.46. The number of aromatic nitrogens is 2. The lowest BCUT2D eigenvalue weighted by molar-refractivity contribution is 0.254. The number of nitrogens with zero attached hydrogens (tertiary/aromatic N) is 3. The first kappa shape index (κ1) is 21.7. The molecule has 2 aromatic rings. The third-order valence-electron chi connectivity index (χ3n) is 6.27. The largest absolute Gasteiger partial charge is 0.493 e. The molecule has 1 saturated heterocycles. The number of methoxy groups -OCH3 is 1. The van der Waals surface area contributed by atoms with E-state index in [0.29, 0.717) is 18.5 Å². The molecule has 2 heterocycles. The molecule has 1 aromatic carbocycles. The molecule has 7 heteroatoms. The van der Waals surface area contributed by atoms with E-state index >= 15 is 0 Å². The minimum Gasteiger partial charge on any atom is -0.493 e. The van der Waals surface area contributed by atoms with Gasteiger partial charge in [0.1, 0.15) is 5.82 Å². The number of hydrogen-bond donors (Lipinski definition) is 2. The van der Waals surface area contributed by atoms with E-state index in [1.165, 1.54) is 51.6 Å². The highest BCUT2D eigenvalue weighted by atomic mass is 16.5. The predicted molar refractivity (Wildman–Crippen MR) is 125 cm³/mol. The lowest BCUT2D eigenvalue weighted by Crippen LogP contribution is -2.21. The van der Waals surface area contributed by atoms with Gasteiger partial charge in [0.15, 0.2) is 11.5 Å². The second-order valence-electron chi connectivity index (χ2n) is 8.47. The van der Waals surface area contributed by atoms with Crippen LogP contribution in [0.3, 0.4) is 0 Å². The predicted octanol–water partition coefficient (Wildman–Crippen LogP) is 4.79. The molecule has 1 saturated carbocycles. The summed E-state index contributed by atoms with van der Waals surface area (Å²) >= 11 is 0. The molecule has 2 aliphatic rings. The average molecular weight is 426 g/mol. The van der Waals surface area contributed by atoms with Crippen LogP contribution in [0.25, 0.3) is 0 Å². The number of likely N-dealkylation sites (tertiary alicyclic amines) is 1. The molecule has 2 N–H and O–H groups in total. The number of nitrogens with one attached hydrogen (secondary N) is 2. The summed E-state index contributed by atoms with van der Waals surface area (Å²) in [5.41, 5.74) is 2.01. The van der Waals surface area contributed by atoms with Crippen LogP contribution in [0.1, 0.15) is 56.6 Å². The Morgan fingerprint density at radius 1 is 1.03 bits per heavy atom. The summed E-state index contributed by atoms with van der Waals surface area (Å²) in [5, 5.41) is 6.53. The van der Waals surface area contributed by atoms with E-state index in [9.17, 15) is 0 Å². The van der Waals surface area contributed by atoms with Gasteiger partial charge in [-0.3, -0.25) is 0 Å². The van der Waals surface area contributed by atoms with Gasteiger partial charge in [-0.25, -0.2) is 4.98 Å². The normalized spacial score (nSPS) is 17.1. The first-order valence-electron chi connectivity index (χ1n) is 11.6. The van der Waals surface area contributed by atoms with Crippen LogP contribution in [-0.2, 0) is 0 Å². The van der Waals surface area contributed by atoms with E-state index in [2.05, 4.69) is 26.6 Å². The minimum absolute atomic E-state index is 0.529. The van der Waals surface area contributed by atoms with Crippen molar-refractivity contribution >= 4 is 17.5 Å². The van der Waals surface area contributed by atoms with Crippen molar-refractivity contribution in [2.45, 2.75) is 50.9 Å². The Kier molecular flexibility index (Phi) is 7.46. The van der Waals surface area contributed by atoms with E-state index in [4.69, 9.17) is 14.5 Å². The van der Waals surface area contributed by atoms with Gasteiger partial charge in [0.2, 0.25) is 5.95 Å². The molecule has 0 spiro atoms. The molecular weight excluding hydrogens is 390 g/mol. The molecule has 1 aliphatic heterocycles. The van der Waals surface area contributed by atoms with Crippen LogP contribution in [0.2, 0.25) is 0 Å². The number of rotatable bonds is 10. The summed E-state index contributed by atoms with van der Waals surface area (Å²) < 4.78 is 11.6. The van der Waals surface area contributed by atoms with Gasteiger partial charge in [-0.05, 0) is 57.3 Å². The third kappa shape index (κ3) is 5.79. The van der Waals surface area contributed by atoms with Crippen molar-refractivity contribution in [2.24, 2.45) is 0 Å². The van der Waals surface area contributed by atoms with Gasteiger partial charge in [0.25, 0.3) is 0 Å². The molecule has 1 aliphatic carbocycles. The minimum atomic E-state index is 0.529. The zero-order valence-corrected chi connectivity index (χ0v) is 18.8. The van der Waals surface area contributed by atoms with Crippen LogP contribution in [-0.4, -0.2) is 55.3 Å². The van der Waals surface area contributed by atoms with Gasteiger partial charge in [-0.15, -0.1) is 0 Å². The highest BCUT2D eigenvalue weighted by Crippen LogP contribution is 2.35. The van der Waals surface area contributed by atoms with Crippen LogP contribution >= 0.6 is 0 Å². The molecule has 7 nitrogen and oxygen atoms in total. The first-order chi connectivity index (χ1) is 15.2. The van der Waals surface area contributed by atoms with Gasteiger partial charge in [0, 0.05) is 37.3 Å². The Labute approximate surface area is 185 Å². The third-order valence-corrected chi connectivity index (χ3v) is 6.27. The van der Waals surface area contributed by atoms with Gasteiger partial charge in [-0.1, -0.05) is 12.8 Å². The molecule has 0 bridgehead atoms. The smallest absolute Gasteiger partial charge is 0.229 e. The summed E-state index contributed by atoms with van der Waals surface area (Å²) in [7, 11) is 3.57. The summed E-state index contributed by atoms with van der Waals surface area (Å²) in [4.78, 5) is 11.9. The SMILES string of the molecule is CNc1cc(C2CCCC2)nc(Nc2ccc(OC)c(OCCCN3CCCC3)c2)n1. The zero-order valence-electron chi connectivity index (χ0n) is 18.8. The second-order valence-corrected chi connectivity index (χ2v) is 8.47. The van der Waals surface area contributed by atoms with Crippen molar-refractivity contribution in [3.63, 3.8) is 0 Å². The molecule has 31 heavy (non-hydrogen) atoms. The Morgan fingerprint density at radius 3 is 2.58 bits per heavy atom. The van der Waals surface area contributed by atoms with Crippen molar-refractivity contribution in [3.05, 3.63) is 30.0 Å². The first-order valence-corrected chi connectivity index (χ1v) is 11.6. The fraction of sp³-hybridized carbons (Fsp3) is 0.583. The molecule has 0 atom stereocenters. The Morgan fingerprint density at radius 2 is 1.84 bits per heavy atom. The van der Waals surface area contributed by atoms with E-state index in [0.717, 1.165) is 41.7 Å². The number of hydrogen-bond acceptors (Lipinski definition) is 7. The molecule has 1 aromatic heterocycles. The summed E-state index contributed by atoms with van der Waals surface area (Å²) in [6.07, 6.45) is 8.63. The van der Waals surface area contributed by atoms with Gasteiger partial charge < -0.3 is 25.0 Å². The van der Waals surface area contributed by atoms with Gasteiger partial charge in [-0.2, -0.15) is 4.98 Å². The van der Waals surface area contributed by atoms with Crippen molar-refractivity contribution < 1.29 is 9.47 Å². The zero-order chi connectivity index (χ0) is 21.5. The highest BCUT2D eigenvalue weighted by Gasteiger charge is 2.20. The van der Waals surface area contributed by atoms with Crippen LogP contribution < -0.4 is 20.1 Å². The monoisotopic (exact) mass is 425 g/mol. The standard InChI is InChI=1S/C24H35N5O2/c1-25-23-17-20(18-8-3-4-9-18)27-24(28-23)26-19-10-11-21(30-2)22(16-19)31-15-7-14-29-12-5-6-13-29/h10-11,16-18H,3-9,12-15H2,1-2H3,(H2,25,26,27,28). The van der Waals surface area contributed by atoms with Crippen molar-refractivity contribution in [3.8, 4) is 11.5 Å². The average Bonchev–Trinajstić information content (AvgIpc) is 3.51. The van der Waals surface area contributed by atoms with Crippen LogP contribution in [0.15, 0.2) is 24.3 Å².